The molecule has 0 aromatic rings. The maximum absolute atomic E-state index is 6.65. The monoisotopic (exact) mass is 356 g/mol. The van der Waals surface area contributed by atoms with Crippen molar-refractivity contribution in [3.05, 3.63) is 0 Å². The number of rotatable bonds is 10. The minimum atomic E-state index is -0.130. The molecule has 3 heteroatoms. The van der Waals surface area contributed by atoms with E-state index < -0.39 is 0 Å². The minimum Gasteiger partial charge on any atom is -0.384 e. The van der Waals surface area contributed by atoms with E-state index >= 15 is 0 Å². The van der Waals surface area contributed by atoms with Crippen molar-refractivity contribution in [2.45, 2.75) is 73.8 Å². The molecule has 0 aliphatic heterocycles. The Balaban J connectivity index is 2.97. The van der Waals surface area contributed by atoms with Crippen LogP contribution >= 0.6 is 0 Å². The van der Waals surface area contributed by atoms with Gasteiger partial charge in [0, 0.05) is 19.6 Å². The third kappa shape index (κ3) is 5.43. The molecule has 1 rings (SSSR count). The first kappa shape index (κ1) is 22.9. The van der Waals surface area contributed by atoms with Crippen LogP contribution in [0, 0.1) is 34.5 Å². The second kappa shape index (κ2) is 9.71. The van der Waals surface area contributed by atoms with Gasteiger partial charge in [-0.15, -0.1) is 0 Å². The van der Waals surface area contributed by atoms with Gasteiger partial charge in [-0.3, -0.25) is 0 Å². The van der Waals surface area contributed by atoms with Gasteiger partial charge in [-0.25, -0.2) is 0 Å². The largest absolute Gasteiger partial charge is 0.384 e. The van der Waals surface area contributed by atoms with Crippen LogP contribution in [0.4, 0.5) is 0 Å². The summed E-state index contributed by atoms with van der Waals surface area (Å²) in [4.78, 5) is 0. The third-order valence-corrected chi connectivity index (χ3v) is 7.18. The number of ether oxygens (including phenoxy) is 3. The Morgan fingerprint density at radius 3 is 1.92 bits per heavy atom. The van der Waals surface area contributed by atoms with Crippen molar-refractivity contribution < 1.29 is 14.2 Å². The lowest BCUT2D eigenvalue weighted by molar-refractivity contribution is -0.157. The lowest BCUT2D eigenvalue weighted by Crippen LogP contribution is -2.52. The Labute approximate surface area is 157 Å². The van der Waals surface area contributed by atoms with Crippen LogP contribution in [0.2, 0.25) is 0 Å². The lowest BCUT2D eigenvalue weighted by atomic mass is 9.61. The molecule has 0 aromatic heterocycles. The molecule has 0 aromatic carbocycles. The van der Waals surface area contributed by atoms with Gasteiger partial charge in [0.05, 0.1) is 25.9 Å². The summed E-state index contributed by atoms with van der Waals surface area (Å²) in [6, 6.07) is 0. The standard InChI is InChI=1S/C22H44O3/c1-16(2)19-12-18(5)10-11-20(19)25-15-22(13-23-8,14-24-9)21(6,7)17(3)4/h16-20H,10-15H2,1-9H3. The molecule has 0 heterocycles. The van der Waals surface area contributed by atoms with Gasteiger partial charge in [-0.1, -0.05) is 48.5 Å². The first-order chi connectivity index (χ1) is 11.6. The number of hydrogen-bond acceptors (Lipinski definition) is 3. The topological polar surface area (TPSA) is 27.7 Å². The molecule has 0 saturated heterocycles. The highest BCUT2D eigenvalue weighted by atomic mass is 16.5. The van der Waals surface area contributed by atoms with Gasteiger partial charge in [0.1, 0.15) is 0 Å². The van der Waals surface area contributed by atoms with Crippen LogP contribution in [0.5, 0.6) is 0 Å². The zero-order chi connectivity index (χ0) is 19.3. The van der Waals surface area contributed by atoms with E-state index in [1.54, 1.807) is 14.2 Å². The number of methoxy groups -OCH3 is 2. The van der Waals surface area contributed by atoms with Crippen molar-refractivity contribution in [3.63, 3.8) is 0 Å². The van der Waals surface area contributed by atoms with Gasteiger partial charge in [0.15, 0.2) is 0 Å². The summed E-state index contributed by atoms with van der Waals surface area (Å²) in [7, 11) is 3.58. The maximum Gasteiger partial charge on any atom is 0.0606 e. The molecule has 1 saturated carbocycles. The predicted octanol–water partition coefficient (Wildman–Crippen LogP) is 5.43. The summed E-state index contributed by atoms with van der Waals surface area (Å²) in [5, 5.41) is 0. The SMILES string of the molecule is COCC(COC)(COC1CCC(C)CC1C(C)C)C(C)(C)C(C)C. The molecule has 25 heavy (non-hydrogen) atoms. The van der Waals surface area contributed by atoms with Crippen molar-refractivity contribution in [2.24, 2.45) is 34.5 Å². The average Bonchev–Trinajstić information content (AvgIpc) is 2.53. The maximum atomic E-state index is 6.65. The first-order valence-electron chi connectivity index (χ1n) is 10.2. The summed E-state index contributed by atoms with van der Waals surface area (Å²) in [5.41, 5.74) is -0.0659. The van der Waals surface area contributed by atoms with Crippen molar-refractivity contribution >= 4 is 0 Å². The molecule has 0 radical (unpaired) electrons. The van der Waals surface area contributed by atoms with Gasteiger partial charge in [-0.05, 0) is 48.3 Å². The fourth-order valence-corrected chi connectivity index (χ4v) is 4.42. The fourth-order valence-electron chi connectivity index (χ4n) is 4.42. The van der Waals surface area contributed by atoms with Crippen LogP contribution in [-0.2, 0) is 14.2 Å². The highest BCUT2D eigenvalue weighted by Crippen LogP contribution is 2.46. The van der Waals surface area contributed by atoms with E-state index in [2.05, 4.69) is 48.5 Å². The fraction of sp³-hybridized carbons (Fsp3) is 1.00. The summed E-state index contributed by atoms with van der Waals surface area (Å²) in [6.07, 6.45) is 4.12. The first-order valence-corrected chi connectivity index (χ1v) is 10.2. The molecular weight excluding hydrogens is 312 g/mol. The summed E-state index contributed by atoms with van der Waals surface area (Å²) in [6.45, 7) is 18.4. The molecular formula is C22H44O3. The van der Waals surface area contributed by atoms with Crippen LogP contribution in [0.3, 0.4) is 0 Å². The van der Waals surface area contributed by atoms with Crippen LogP contribution in [-0.4, -0.2) is 40.1 Å². The molecule has 0 amide bonds. The minimum absolute atomic E-state index is 0.0638. The molecule has 1 fully saturated rings. The highest BCUT2D eigenvalue weighted by Gasteiger charge is 2.48. The van der Waals surface area contributed by atoms with Crippen LogP contribution in [0.15, 0.2) is 0 Å². The summed E-state index contributed by atoms with van der Waals surface area (Å²) < 4.78 is 18.0. The molecule has 3 unspecified atom stereocenters. The van der Waals surface area contributed by atoms with E-state index in [9.17, 15) is 0 Å². The van der Waals surface area contributed by atoms with Gasteiger partial charge in [0.25, 0.3) is 0 Å². The van der Waals surface area contributed by atoms with Crippen molar-refractivity contribution in [2.75, 3.05) is 34.0 Å². The van der Waals surface area contributed by atoms with Crippen molar-refractivity contribution in [1.29, 1.82) is 0 Å². The van der Waals surface area contributed by atoms with Crippen LogP contribution in [0.25, 0.3) is 0 Å². The molecule has 0 N–H and O–H groups in total. The van der Waals surface area contributed by atoms with Gasteiger partial charge >= 0.3 is 0 Å². The Bertz CT molecular complexity index is 369. The van der Waals surface area contributed by atoms with E-state index in [0.717, 1.165) is 5.92 Å². The van der Waals surface area contributed by atoms with E-state index in [0.29, 0.717) is 43.7 Å². The lowest BCUT2D eigenvalue weighted by Gasteiger charge is -2.49. The van der Waals surface area contributed by atoms with E-state index in [1.807, 2.05) is 0 Å². The summed E-state index contributed by atoms with van der Waals surface area (Å²) in [5.74, 6) is 2.68. The zero-order valence-corrected chi connectivity index (χ0v) is 18.4. The second-order valence-electron chi connectivity index (χ2n) is 9.70. The Morgan fingerprint density at radius 2 is 1.48 bits per heavy atom. The highest BCUT2D eigenvalue weighted by molar-refractivity contribution is 4.96. The molecule has 1 aliphatic carbocycles. The Kier molecular flexibility index (Phi) is 8.90. The summed E-state index contributed by atoms with van der Waals surface area (Å²) >= 11 is 0. The van der Waals surface area contributed by atoms with Gasteiger partial charge < -0.3 is 14.2 Å². The average molecular weight is 357 g/mol. The smallest absolute Gasteiger partial charge is 0.0606 e. The molecule has 1 aliphatic rings. The predicted molar refractivity (Wildman–Crippen MR) is 106 cm³/mol. The van der Waals surface area contributed by atoms with Crippen molar-refractivity contribution in [3.8, 4) is 0 Å². The van der Waals surface area contributed by atoms with Gasteiger partial charge in [0.2, 0.25) is 0 Å². The molecule has 0 spiro atoms. The number of hydrogen-bond donors (Lipinski definition) is 0. The van der Waals surface area contributed by atoms with E-state index in [4.69, 9.17) is 14.2 Å². The Hall–Kier alpha value is -0.120. The van der Waals surface area contributed by atoms with Crippen molar-refractivity contribution in [1.82, 2.24) is 0 Å². The molecule has 3 nitrogen and oxygen atoms in total. The van der Waals surface area contributed by atoms with Gasteiger partial charge in [-0.2, -0.15) is 0 Å². The zero-order valence-electron chi connectivity index (χ0n) is 18.4. The normalized spacial score (nSPS) is 25.8. The van der Waals surface area contributed by atoms with E-state index in [-0.39, 0.29) is 10.8 Å². The Morgan fingerprint density at radius 1 is 0.920 bits per heavy atom. The van der Waals surface area contributed by atoms with E-state index in [1.165, 1.54) is 19.3 Å². The van der Waals surface area contributed by atoms with Crippen LogP contribution < -0.4 is 0 Å². The van der Waals surface area contributed by atoms with Crippen LogP contribution in [0.1, 0.15) is 67.7 Å². The molecule has 0 bridgehead atoms. The quantitative estimate of drug-likeness (QED) is 0.523. The molecule has 150 valence electrons. The third-order valence-electron chi connectivity index (χ3n) is 7.18. The molecule has 3 atom stereocenters. The second-order valence-corrected chi connectivity index (χ2v) is 9.70.